The van der Waals surface area contributed by atoms with Crippen LogP contribution < -0.4 is 15.3 Å². The van der Waals surface area contributed by atoms with E-state index in [0.717, 1.165) is 5.69 Å². The lowest BCUT2D eigenvalue weighted by molar-refractivity contribution is -0.299. The number of anilines is 1. The average Bonchev–Trinajstić information content (AvgIpc) is 2.54. The number of carboxylic acids is 1. The zero-order chi connectivity index (χ0) is 17.7. The number of hydrogen-bond donors (Lipinski definition) is 1. The van der Waals surface area contributed by atoms with E-state index in [-0.39, 0.29) is 16.3 Å². The molecule has 1 amide bonds. The van der Waals surface area contributed by atoms with Gasteiger partial charge in [-0.05, 0) is 35.9 Å². The van der Waals surface area contributed by atoms with Gasteiger partial charge in [0.05, 0.1) is 22.3 Å². The molecule has 0 aliphatic carbocycles. The normalized spacial score (nSPS) is 11.0. The molecule has 0 fully saturated rings. The highest BCUT2D eigenvalue weighted by Gasteiger charge is 2.11. The topological polar surface area (TPSA) is 72.5 Å². The van der Waals surface area contributed by atoms with E-state index in [0.29, 0.717) is 5.56 Å². The number of carboxylic acid groups (broad SMARTS) is 1. The monoisotopic (exact) mass is 343 g/mol. The second-order valence-corrected chi connectivity index (χ2v) is 5.67. The summed E-state index contributed by atoms with van der Waals surface area (Å²) in [4.78, 5) is 25.4. The second kappa shape index (κ2) is 7.66. The number of carbonyl (C=O) groups is 2. The van der Waals surface area contributed by atoms with Gasteiger partial charge in [0.15, 0.2) is 0 Å². The summed E-state index contributed by atoms with van der Waals surface area (Å²) in [7, 11) is 3.81. The Kier molecular flexibility index (Phi) is 5.60. The summed E-state index contributed by atoms with van der Waals surface area (Å²) in [6, 6.07) is 13.6. The molecule has 0 atom stereocenters. The molecule has 0 radical (unpaired) electrons. The molecule has 0 saturated heterocycles. The molecule has 0 aliphatic rings. The van der Waals surface area contributed by atoms with Crippen LogP contribution in [0.1, 0.15) is 15.9 Å². The van der Waals surface area contributed by atoms with Crippen molar-refractivity contribution in [1.82, 2.24) is 5.32 Å². The lowest BCUT2D eigenvalue weighted by Crippen LogP contribution is -2.35. The maximum atomic E-state index is 12.2. The summed E-state index contributed by atoms with van der Waals surface area (Å²) in [6.45, 7) is 0. The molecule has 24 heavy (non-hydrogen) atoms. The van der Waals surface area contributed by atoms with Gasteiger partial charge in [-0.2, -0.15) is 0 Å². The van der Waals surface area contributed by atoms with Crippen LogP contribution in [0.4, 0.5) is 5.69 Å². The highest BCUT2D eigenvalue weighted by molar-refractivity contribution is 6.34. The highest BCUT2D eigenvalue weighted by Crippen LogP contribution is 2.16. The predicted molar refractivity (Wildman–Crippen MR) is 92.7 cm³/mol. The van der Waals surface area contributed by atoms with Crippen molar-refractivity contribution >= 4 is 35.2 Å². The van der Waals surface area contributed by atoms with Gasteiger partial charge < -0.3 is 20.1 Å². The number of hydrogen-bond acceptors (Lipinski definition) is 4. The first kappa shape index (κ1) is 17.6. The highest BCUT2D eigenvalue weighted by atomic mass is 35.5. The summed E-state index contributed by atoms with van der Waals surface area (Å²) in [5.41, 5.74) is 1.45. The lowest BCUT2D eigenvalue weighted by atomic mass is 10.1. The molecule has 124 valence electrons. The average molecular weight is 344 g/mol. The van der Waals surface area contributed by atoms with Crippen molar-refractivity contribution in [3.8, 4) is 0 Å². The fourth-order valence-electron chi connectivity index (χ4n) is 2.02. The zero-order valence-corrected chi connectivity index (χ0v) is 14.0. The van der Waals surface area contributed by atoms with E-state index in [9.17, 15) is 14.7 Å². The number of halogens is 1. The second-order valence-electron chi connectivity index (χ2n) is 5.27. The number of carbonyl (C=O) groups excluding carboxylic acids is 2. The van der Waals surface area contributed by atoms with E-state index in [1.807, 2.05) is 31.1 Å². The largest absolute Gasteiger partial charge is 0.543 e. The molecule has 0 unspecified atom stereocenters. The fraction of sp³-hybridized carbons (Fsp3) is 0.111. The quantitative estimate of drug-likeness (QED) is 0.842. The summed E-state index contributed by atoms with van der Waals surface area (Å²) < 4.78 is 0. The van der Waals surface area contributed by atoms with Crippen molar-refractivity contribution in [3.05, 3.63) is 70.4 Å². The maximum Gasteiger partial charge on any atom is 0.257 e. The van der Waals surface area contributed by atoms with E-state index >= 15 is 0 Å². The van der Waals surface area contributed by atoms with Crippen LogP contribution in [-0.4, -0.2) is 26.0 Å². The Balaban J connectivity index is 2.24. The summed E-state index contributed by atoms with van der Waals surface area (Å²) in [5.74, 6) is -2.09. The van der Waals surface area contributed by atoms with E-state index in [1.54, 1.807) is 30.3 Å². The van der Waals surface area contributed by atoms with Crippen LogP contribution >= 0.6 is 11.6 Å². The minimum Gasteiger partial charge on any atom is -0.543 e. The Bertz CT molecular complexity index is 783. The third kappa shape index (κ3) is 4.36. The van der Waals surface area contributed by atoms with Crippen molar-refractivity contribution in [2.24, 2.45) is 0 Å². The van der Waals surface area contributed by atoms with Crippen LogP contribution in [0.2, 0.25) is 5.02 Å². The molecule has 0 spiro atoms. The predicted octanol–water partition coefficient (Wildman–Crippen LogP) is 1.93. The molecule has 1 N–H and O–H groups in total. The van der Waals surface area contributed by atoms with E-state index in [1.165, 1.54) is 12.1 Å². The standard InChI is InChI=1S/C18H17ClN2O3/c1-21(2)13-9-7-12(8-10-13)11-16(18(23)24)20-17(22)14-5-3-4-6-15(14)19/h3-11H,1-2H3,(H,20,22)(H,23,24)/p-1/b16-11+. The van der Waals surface area contributed by atoms with E-state index in [4.69, 9.17) is 11.6 Å². The molecular weight excluding hydrogens is 328 g/mol. The van der Waals surface area contributed by atoms with Crippen molar-refractivity contribution in [2.45, 2.75) is 0 Å². The molecule has 2 aromatic rings. The minimum atomic E-state index is -1.48. The van der Waals surface area contributed by atoms with Gasteiger partial charge in [-0.3, -0.25) is 4.79 Å². The van der Waals surface area contributed by atoms with Crippen LogP contribution in [0.25, 0.3) is 6.08 Å². The van der Waals surface area contributed by atoms with Crippen LogP contribution in [0.15, 0.2) is 54.2 Å². The number of rotatable bonds is 5. The number of amides is 1. The van der Waals surface area contributed by atoms with Crippen molar-refractivity contribution < 1.29 is 14.7 Å². The maximum absolute atomic E-state index is 12.2. The lowest BCUT2D eigenvalue weighted by Gasteiger charge is -2.13. The van der Waals surface area contributed by atoms with Crippen LogP contribution in [0.5, 0.6) is 0 Å². The van der Waals surface area contributed by atoms with Crippen molar-refractivity contribution in [1.29, 1.82) is 0 Å². The fourth-order valence-corrected chi connectivity index (χ4v) is 2.24. The van der Waals surface area contributed by atoms with Gasteiger partial charge >= 0.3 is 0 Å². The molecule has 0 heterocycles. The molecule has 0 saturated carbocycles. The van der Waals surface area contributed by atoms with Crippen LogP contribution in [-0.2, 0) is 4.79 Å². The molecule has 2 rings (SSSR count). The first-order valence-electron chi connectivity index (χ1n) is 7.15. The third-order valence-electron chi connectivity index (χ3n) is 3.31. The molecule has 0 aliphatic heterocycles. The Morgan fingerprint density at radius 1 is 1.08 bits per heavy atom. The molecule has 5 nitrogen and oxygen atoms in total. The molecule has 0 aromatic heterocycles. The Hall–Kier alpha value is -2.79. The molecule has 6 heteroatoms. The summed E-state index contributed by atoms with van der Waals surface area (Å²) in [5, 5.41) is 13.9. The van der Waals surface area contributed by atoms with Gasteiger partial charge in [0.2, 0.25) is 0 Å². The number of nitrogens with zero attached hydrogens (tertiary/aromatic N) is 1. The smallest absolute Gasteiger partial charge is 0.257 e. The van der Waals surface area contributed by atoms with Gasteiger partial charge in [0, 0.05) is 19.8 Å². The SMILES string of the molecule is CN(C)c1ccc(/C=C(/NC(=O)c2ccccc2Cl)C(=O)[O-])cc1. The van der Waals surface area contributed by atoms with Gasteiger partial charge in [-0.15, -0.1) is 0 Å². The Morgan fingerprint density at radius 2 is 1.71 bits per heavy atom. The van der Waals surface area contributed by atoms with Crippen molar-refractivity contribution in [3.63, 3.8) is 0 Å². The molecule has 2 aromatic carbocycles. The Labute approximate surface area is 145 Å². The van der Waals surface area contributed by atoms with E-state index in [2.05, 4.69) is 5.32 Å². The van der Waals surface area contributed by atoms with Crippen LogP contribution in [0.3, 0.4) is 0 Å². The van der Waals surface area contributed by atoms with Gasteiger partial charge in [0.25, 0.3) is 5.91 Å². The van der Waals surface area contributed by atoms with Gasteiger partial charge in [0.1, 0.15) is 0 Å². The van der Waals surface area contributed by atoms with E-state index < -0.39 is 11.9 Å². The van der Waals surface area contributed by atoms with Gasteiger partial charge in [-0.1, -0.05) is 35.9 Å². The Morgan fingerprint density at radius 3 is 2.25 bits per heavy atom. The molecular formula is C18H16ClN2O3-. The first-order valence-corrected chi connectivity index (χ1v) is 7.52. The van der Waals surface area contributed by atoms with Gasteiger partial charge in [-0.25, -0.2) is 0 Å². The first-order chi connectivity index (χ1) is 11.4. The number of aliphatic carboxylic acids is 1. The summed E-state index contributed by atoms with van der Waals surface area (Å²) in [6.07, 6.45) is 1.34. The minimum absolute atomic E-state index is 0.189. The summed E-state index contributed by atoms with van der Waals surface area (Å²) >= 11 is 5.94. The number of benzene rings is 2. The van der Waals surface area contributed by atoms with Crippen LogP contribution in [0, 0.1) is 0 Å². The van der Waals surface area contributed by atoms with Crippen molar-refractivity contribution in [2.75, 3.05) is 19.0 Å². The molecule has 0 bridgehead atoms. The third-order valence-corrected chi connectivity index (χ3v) is 3.64. The zero-order valence-electron chi connectivity index (χ0n) is 13.2. The number of nitrogens with one attached hydrogen (secondary N) is 1.